The van der Waals surface area contributed by atoms with Crippen LogP contribution < -0.4 is 10.2 Å². The Morgan fingerprint density at radius 2 is 2.11 bits per heavy atom. The largest absolute Gasteiger partial charge is 0.367 e. The Morgan fingerprint density at radius 3 is 2.84 bits per heavy atom. The standard InChI is InChI=1S/C15H20N4/c1-3-16-10-13-7-9-17-11-15(13)19(2)12-14-6-4-5-8-18-14/h4-9,11,16H,3,10,12H2,1-2H3. The lowest BCUT2D eigenvalue weighted by Gasteiger charge is -2.21. The topological polar surface area (TPSA) is 41.1 Å². The first-order valence-electron chi connectivity index (χ1n) is 6.56. The van der Waals surface area contributed by atoms with Gasteiger partial charge in [-0.1, -0.05) is 13.0 Å². The van der Waals surface area contributed by atoms with Crippen LogP contribution in [0.1, 0.15) is 18.2 Å². The van der Waals surface area contributed by atoms with Crippen molar-refractivity contribution in [2.45, 2.75) is 20.0 Å². The van der Waals surface area contributed by atoms with Gasteiger partial charge in [-0.25, -0.2) is 0 Å². The predicted molar refractivity (Wildman–Crippen MR) is 78.0 cm³/mol. The highest BCUT2D eigenvalue weighted by atomic mass is 15.1. The van der Waals surface area contributed by atoms with Gasteiger partial charge >= 0.3 is 0 Å². The van der Waals surface area contributed by atoms with Gasteiger partial charge in [-0.2, -0.15) is 0 Å². The first-order chi connectivity index (χ1) is 9.31. The van der Waals surface area contributed by atoms with E-state index in [1.54, 1.807) is 0 Å². The number of aromatic nitrogens is 2. The molecule has 0 aliphatic rings. The zero-order chi connectivity index (χ0) is 13.5. The summed E-state index contributed by atoms with van der Waals surface area (Å²) in [5.41, 5.74) is 3.47. The van der Waals surface area contributed by atoms with E-state index < -0.39 is 0 Å². The van der Waals surface area contributed by atoms with Gasteiger partial charge in [-0.3, -0.25) is 9.97 Å². The van der Waals surface area contributed by atoms with Crippen LogP contribution in [0.5, 0.6) is 0 Å². The monoisotopic (exact) mass is 256 g/mol. The van der Waals surface area contributed by atoms with Crippen molar-refractivity contribution >= 4 is 5.69 Å². The number of nitrogens with one attached hydrogen (secondary N) is 1. The molecule has 2 aromatic rings. The maximum Gasteiger partial charge on any atom is 0.0599 e. The lowest BCUT2D eigenvalue weighted by molar-refractivity contribution is 0.721. The molecule has 4 heteroatoms. The van der Waals surface area contributed by atoms with Gasteiger partial charge in [0.2, 0.25) is 0 Å². The highest BCUT2D eigenvalue weighted by Gasteiger charge is 2.08. The molecule has 0 saturated heterocycles. The van der Waals surface area contributed by atoms with E-state index in [2.05, 4.69) is 40.2 Å². The Balaban J connectivity index is 2.12. The van der Waals surface area contributed by atoms with Crippen molar-refractivity contribution in [1.82, 2.24) is 15.3 Å². The Labute approximate surface area is 114 Å². The molecule has 2 heterocycles. The molecule has 0 fully saturated rings. The van der Waals surface area contributed by atoms with Gasteiger partial charge in [0, 0.05) is 26.0 Å². The second-order valence-electron chi connectivity index (χ2n) is 4.46. The van der Waals surface area contributed by atoms with Crippen LogP contribution in [-0.4, -0.2) is 23.6 Å². The van der Waals surface area contributed by atoms with Gasteiger partial charge < -0.3 is 10.2 Å². The lowest BCUT2D eigenvalue weighted by atomic mass is 10.2. The Bertz CT molecular complexity index is 499. The fraction of sp³-hybridized carbons (Fsp3) is 0.333. The second kappa shape index (κ2) is 6.85. The molecule has 19 heavy (non-hydrogen) atoms. The third-order valence-corrected chi connectivity index (χ3v) is 2.99. The summed E-state index contributed by atoms with van der Waals surface area (Å²) >= 11 is 0. The molecule has 0 aliphatic heterocycles. The van der Waals surface area contributed by atoms with Gasteiger partial charge in [-0.15, -0.1) is 0 Å². The molecule has 2 rings (SSSR count). The molecule has 0 atom stereocenters. The van der Waals surface area contributed by atoms with Crippen LogP contribution in [-0.2, 0) is 13.1 Å². The Hall–Kier alpha value is -1.94. The third kappa shape index (κ3) is 3.76. The minimum Gasteiger partial charge on any atom is -0.367 e. The second-order valence-corrected chi connectivity index (χ2v) is 4.46. The van der Waals surface area contributed by atoms with Crippen LogP contribution in [0, 0.1) is 0 Å². The van der Waals surface area contributed by atoms with E-state index >= 15 is 0 Å². The predicted octanol–water partition coefficient (Wildman–Crippen LogP) is 2.22. The SMILES string of the molecule is CCNCc1ccncc1N(C)Cc1ccccn1. The van der Waals surface area contributed by atoms with Gasteiger partial charge in [0.15, 0.2) is 0 Å². The number of anilines is 1. The number of hydrogen-bond acceptors (Lipinski definition) is 4. The summed E-state index contributed by atoms with van der Waals surface area (Å²) in [6, 6.07) is 8.05. The quantitative estimate of drug-likeness (QED) is 0.860. The van der Waals surface area contributed by atoms with E-state index in [0.29, 0.717) is 0 Å². The fourth-order valence-electron chi connectivity index (χ4n) is 1.99. The minimum absolute atomic E-state index is 0.783. The molecule has 4 nitrogen and oxygen atoms in total. The van der Waals surface area contributed by atoms with Crippen molar-refractivity contribution in [2.75, 3.05) is 18.5 Å². The van der Waals surface area contributed by atoms with Crippen LogP contribution in [0.4, 0.5) is 5.69 Å². The van der Waals surface area contributed by atoms with Gasteiger partial charge in [0.25, 0.3) is 0 Å². The van der Waals surface area contributed by atoms with E-state index in [-0.39, 0.29) is 0 Å². The Morgan fingerprint density at radius 1 is 1.21 bits per heavy atom. The minimum atomic E-state index is 0.783. The summed E-state index contributed by atoms with van der Waals surface area (Å²) in [6.07, 6.45) is 5.58. The van der Waals surface area contributed by atoms with Crippen molar-refractivity contribution in [3.8, 4) is 0 Å². The van der Waals surface area contributed by atoms with Crippen molar-refractivity contribution < 1.29 is 0 Å². The summed E-state index contributed by atoms with van der Waals surface area (Å²) < 4.78 is 0. The van der Waals surface area contributed by atoms with Crippen molar-refractivity contribution in [2.24, 2.45) is 0 Å². The molecule has 0 amide bonds. The smallest absolute Gasteiger partial charge is 0.0599 e. The summed E-state index contributed by atoms with van der Waals surface area (Å²) in [5.74, 6) is 0. The van der Waals surface area contributed by atoms with Gasteiger partial charge in [-0.05, 0) is 30.3 Å². The Kier molecular flexibility index (Phi) is 4.86. The van der Waals surface area contributed by atoms with Crippen LogP contribution >= 0.6 is 0 Å². The maximum atomic E-state index is 4.36. The van der Waals surface area contributed by atoms with Crippen molar-refractivity contribution in [3.05, 3.63) is 54.1 Å². The van der Waals surface area contributed by atoms with Crippen LogP contribution in [0.2, 0.25) is 0 Å². The first-order valence-corrected chi connectivity index (χ1v) is 6.56. The fourth-order valence-corrected chi connectivity index (χ4v) is 1.99. The van der Waals surface area contributed by atoms with E-state index in [4.69, 9.17) is 0 Å². The molecule has 0 spiro atoms. The molecule has 0 unspecified atom stereocenters. The van der Waals surface area contributed by atoms with Crippen molar-refractivity contribution in [1.29, 1.82) is 0 Å². The molecular formula is C15H20N4. The molecule has 100 valence electrons. The summed E-state index contributed by atoms with van der Waals surface area (Å²) in [5, 5.41) is 3.35. The average molecular weight is 256 g/mol. The van der Waals surface area contributed by atoms with Crippen LogP contribution in [0.25, 0.3) is 0 Å². The number of nitrogens with zero attached hydrogens (tertiary/aromatic N) is 3. The average Bonchev–Trinajstić information content (AvgIpc) is 2.46. The molecule has 0 aromatic carbocycles. The first kappa shape index (κ1) is 13.5. The van der Waals surface area contributed by atoms with E-state index in [1.807, 2.05) is 36.8 Å². The van der Waals surface area contributed by atoms with E-state index in [0.717, 1.165) is 31.0 Å². The van der Waals surface area contributed by atoms with Crippen molar-refractivity contribution in [3.63, 3.8) is 0 Å². The normalized spacial score (nSPS) is 10.4. The molecule has 0 aliphatic carbocycles. The lowest BCUT2D eigenvalue weighted by Crippen LogP contribution is -2.21. The molecule has 0 saturated carbocycles. The number of rotatable bonds is 6. The van der Waals surface area contributed by atoms with Gasteiger partial charge in [0.1, 0.15) is 0 Å². The van der Waals surface area contributed by atoms with Crippen LogP contribution in [0.15, 0.2) is 42.9 Å². The zero-order valence-corrected chi connectivity index (χ0v) is 11.5. The third-order valence-electron chi connectivity index (χ3n) is 2.99. The molecule has 2 aromatic heterocycles. The molecule has 0 bridgehead atoms. The van der Waals surface area contributed by atoms with Gasteiger partial charge in [0.05, 0.1) is 24.1 Å². The summed E-state index contributed by atoms with van der Waals surface area (Å²) in [7, 11) is 2.07. The highest BCUT2D eigenvalue weighted by molar-refractivity contribution is 5.51. The van der Waals surface area contributed by atoms with E-state index in [9.17, 15) is 0 Å². The highest BCUT2D eigenvalue weighted by Crippen LogP contribution is 2.19. The van der Waals surface area contributed by atoms with E-state index in [1.165, 1.54) is 5.56 Å². The summed E-state index contributed by atoms with van der Waals surface area (Å²) in [6.45, 7) is 4.72. The maximum absolute atomic E-state index is 4.36. The molecule has 1 N–H and O–H groups in total. The number of hydrogen-bond donors (Lipinski definition) is 1. The molecule has 0 radical (unpaired) electrons. The summed E-state index contributed by atoms with van der Waals surface area (Å²) in [4.78, 5) is 10.8. The molecular weight excluding hydrogens is 236 g/mol. The number of pyridine rings is 2. The van der Waals surface area contributed by atoms with Crippen LogP contribution in [0.3, 0.4) is 0 Å². The zero-order valence-electron chi connectivity index (χ0n) is 11.5.